The van der Waals surface area contributed by atoms with Crippen LogP contribution < -0.4 is 5.73 Å². The average Bonchev–Trinajstić information content (AvgIpc) is 2.53. The summed E-state index contributed by atoms with van der Waals surface area (Å²) < 4.78 is 0. The summed E-state index contributed by atoms with van der Waals surface area (Å²) in [6, 6.07) is 8.73. The van der Waals surface area contributed by atoms with Gasteiger partial charge in [-0.2, -0.15) is 0 Å². The van der Waals surface area contributed by atoms with Crippen molar-refractivity contribution >= 4 is 11.7 Å². The highest BCUT2D eigenvalue weighted by atomic mass is 16.2. The van der Waals surface area contributed by atoms with Crippen LogP contribution in [-0.2, 0) is 4.79 Å². The minimum Gasteiger partial charge on any atom is -0.333 e. The molecule has 0 aromatic heterocycles. The zero-order chi connectivity index (χ0) is 14.4. The molecule has 1 heterocycles. The van der Waals surface area contributed by atoms with Gasteiger partial charge in [0.25, 0.3) is 5.91 Å². The molecule has 1 aromatic carbocycles. The summed E-state index contributed by atoms with van der Waals surface area (Å²) in [6.45, 7) is 4.50. The third-order valence-corrected chi connectivity index (χ3v) is 3.57. The van der Waals surface area contributed by atoms with Crippen LogP contribution in [0.3, 0.4) is 0 Å². The third-order valence-electron chi connectivity index (χ3n) is 3.57. The maximum absolute atomic E-state index is 12.2. The number of amides is 1. The van der Waals surface area contributed by atoms with Crippen LogP contribution in [0.4, 0.5) is 0 Å². The summed E-state index contributed by atoms with van der Waals surface area (Å²) in [5.74, 6) is -0.810. The first kappa shape index (κ1) is 14.7. The van der Waals surface area contributed by atoms with Crippen molar-refractivity contribution < 1.29 is 9.59 Å². The minimum atomic E-state index is -0.416. The van der Waals surface area contributed by atoms with Gasteiger partial charge in [0, 0.05) is 31.7 Å². The Hall–Kier alpha value is -1.72. The van der Waals surface area contributed by atoms with E-state index in [1.807, 2.05) is 6.07 Å². The molecule has 1 aromatic rings. The Morgan fingerprint density at radius 1 is 1.05 bits per heavy atom. The molecule has 1 aliphatic heterocycles. The summed E-state index contributed by atoms with van der Waals surface area (Å²) in [5, 5.41) is 0. The lowest BCUT2D eigenvalue weighted by atomic mass is 10.1. The number of piperazine rings is 1. The molecule has 0 spiro atoms. The van der Waals surface area contributed by atoms with Crippen molar-refractivity contribution in [3.63, 3.8) is 0 Å². The molecule has 1 fully saturated rings. The summed E-state index contributed by atoms with van der Waals surface area (Å²) in [5.41, 5.74) is 5.95. The highest BCUT2D eigenvalue weighted by molar-refractivity contribution is 6.42. The number of rotatable bonds is 5. The van der Waals surface area contributed by atoms with Gasteiger partial charge in [0.2, 0.25) is 5.78 Å². The standard InChI is InChI=1S/C15H21N3O2/c16-7-4-8-17-9-11-18(12-10-17)15(20)14(19)13-5-2-1-3-6-13/h1-3,5-6H,4,7-12,16H2. The predicted octanol–water partition coefficient (Wildman–Crippen LogP) is 0.362. The topological polar surface area (TPSA) is 66.6 Å². The number of hydrogen-bond donors (Lipinski definition) is 1. The van der Waals surface area contributed by atoms with Crippen molar-refractivity contribution in [3.8, 4) is 0 Å². The molecule has 0 saturated carbocycles. The number of benzene rings is 1. The highest BCUT2D eigenvalue weighted by Crippen LogP contribution is 2.07. The van der Waals surface area contributed by atoms with Gasteiger partial charge in [0.15, 0.2) is 0 Å². The summed E-state index contributed by atoms with van der Waals surface area (Å²) in [7, 11) is 0. The van der Waals surface area contributed by atoms with Gasteiger partial charge in [0.05, 0.1) is 0 Å². The van der Waals surface area contributed by atoms with Crippen LogP contribution in [0.5, 0.6) is 0 Å². The van der Waals surface area contributed by atoms with Crippen molar-refractivity contribution in [2.45, 2.75) is 6.42 Å². The normalized spacial score (nSPS) is 16.1. The minimum absolute atomic E-state index is 0.394. The van der Waals surface area contributed by atoms with E-state index < -0.39 is 11.7 Å². The van der Waals surface area contributed by atoms with Crippen LogP contribution in [0, 0.1) is 0 Å². The lowest BCUT2D eigenvalue weighted by Crippen LogP contribution is -2.50. The Balaban J connectivity index is 1.87. The molecule has 5 heteroatoms. The van der Waals surface area contributed by atoms with Crippen LogP contribution >= 0.6 is 0 Å². The number of hydrogen-bond acceptors (Lipinski definition) is 4. The van der Waals surface area contributed by atoms with Gasteiger partial charge in [-0.3, -0.25) is 14.5 Å². The van der Waals surface area contributed by atoms with Gasteiger partial charge in [-0.05, 0) is 19.5 Å². The van der Waals surface area contributed by atoms with E-state index in [0.717, 1.165) is 26.1 Å². The molecule has 0 unspecified atom stereocenters. The second-order valence-corrected chi connectivity index (χ2v) is 4.97. The molecule has 1 saturated heterocycles. The summed E-state index contributed by atoms with van der Waals surface area (Å²) in [6.07, 6.45) is 0.969. The van der Waals surface area contributed by atoms with E-state index in [-0.39, 0.29) is 0 Å². The van der Waals surface area contributed by atoms with Gasteiger partial charge in [-0.15, -0.1) is 0 Å². The first-order chi connectivity index (χ1) is 9.72. The largest absolute Gasteiger partial charge is 0.333 e. The van der Waals surface area contributed by atoms with Crippen molar-refractivity contribution in [3.05, 3.63) is 35.9 Å². The van der Waals surface area contributed by atoms with E-state index in [2.05, 4.69) is 4.90 Å². The summed E-state index contributed by atoms with van der Waals surface area (Å²) >= 11 is 0. The zero-order valence-electron chi connectivity index (χ0n) is 11.6. The predicted molar refractivity (Wildman–Crippen MR) is 77.5 cm³/mol. The molecular formula is C15H21N3O2. The first-order valence-corrected chi connectivity index (χ1v) is 7.03. The Bertz CT molecular complexity index is 453. The average molecular weight is 275 g/mol. The molecule has 2 N–H and O–H groups in total. The van der Waals surface area contributed by atoms with Crippen molar-refractivity contribution in [2.24, 2.45) is 5.73 Å². The van der Waals surface area contributed by atoms with Crippen molar-refractivity contribution in [1.82, 2.24) is 9.80 Å². The number of carbonyl (C=O) groups is 2. The van der Waals surface area contributed by atoms with Gasteiger partial charge < -0.3 is 10.6 Å². The van der Waals surface area contributed by atoms with E-state index >= 15 is 0 Å². The number of Topliss-reactive ketones (excluding diaryl/α,β-unsaturated/α-hetero) is 1. The number of ketones is 1. The van der Waals surface area contributed by atoms with Crippen molar-refractivity contribution in [1.29, 1.82) is 0 Å². The maximum Gasteiger partial charge on any atom is 0.295 e. The van der Waals surface area contributed by atoms with E-state index in [9.17, 15) is 9.59 Å². The van der Waals surface area contributed by atoms with Crippen LogP contribution in [0.1, 0.15) is 16.8 Å². The summed E-state index contributed by atoms with van der Waals surface area (Å²) in [4.78, 5) is 28.2. The van der Waals surface area contributed by atoms with Gasteiger partial charge in [-0.1, -0.05) is 30.3 Å². The number of nitrogens with zero attached hydrogens (tertiary/aromatic N) is 2. The number of carbonyl (C=O) groups excluding carboxylic acids is 2. The van der Waals surface area contributed by atoms with Gasteiger partial charge >= 0.3 is 0 Å². The Kier molecular flexibility index (Phi) is 5.26. The fraction of sp³-hybridized carbons (Fsp3) is 0.467. The van der Waals surface area contributed by atoms with Crippen LogP contribution in [0.25, 0.3) is 0 Å². The molecule has 0 aliphatic carbocycles. The molecule has 2 rings (SSSR count). The second-order valence-electron chi connectivity index (χ2n) is 4.97. The Morgan fingerprint density at radius 3 is 2.30 bits per heavy atom. The molecule has 0 atom stereocenters. The molecule has 108 valence electrons. The second kappa shape index (κ2) is 7.17. The first-order valence-electron chi connectivity index (χ1n) is 7.03. The molecule has 5 nitrogen and oxygen atoms in total. The fourth-order valence-electron chi connectivity index (χ4n) is 2.35. The Morgan fingerprint density at radius 2 is 1.70 bits per heavy atom. The molecule has 1 aliphatic rings. The van der Waals surface area contributed by atoms with E-state index in [1.54, 1.807) is 29.2 Å². The lowest BCUT2D eigenvalue weighted by molar-refractivity contribution is -0.128. The van der Waals surface area contributed by atoms with Crippen LogP contribution in [0.2, 0.25) is 0 Å². The van der Waals surface area contributed by atoms with E-state index in [0.29, 0.717) is 25.2 Å². The Labute approximate surface area is 119 Å². The monoisotopic (exact) mass is 275 g/mol. The lowest BCUT2D eigenvalue weighted by Gasteiger charge is -2.34. The quantitative estimate of drug-likeness (QED) is 0.622. The van der Waals surface area contributed by atoms with Gasteiger partial charge in [-0.25, -0.2) is 0 Å². The number of nitrogens with two attached hydrogens (primary N) is 1. The maximum atomic E-state index is 12.2. The smallest absolute Gasteiger partial charge is 0.295 e. The molecular weight excluding hydrogens is 254 g/mol. The van der Waals surface area contributed by atoms with Crippen LogP contribution in [0.15, 0.2) is 30.3 Å². The fourth-order valence-corrected chi connectivity index (χ4v) is 2.35. The molecule has 20 heavy (non-hydrogen) atoms. The van der Waals surface area contributed by atoms with Crippen molar-refractivity contribution in [2.75, 3.05) is 39.3 Å². The SMILES string of the molecule is NCCCN1CCN(C(=O)C(=O)c2ccccc2)CC1. The zero-order valence-corrected chi connectivity index (χ0v) is 11.6. The molecule has 0 bridgehead atoms. The van der Waals surface area contributed by atoms with E-state index in [4.69, 9.17) is 5.73 Å². The third kappa shape index (κ3) is 3.65. The highest BCUT2D eigenvalue weighted by Gasteiger charge is 2.26. The van der Waals surface area contributed by atoms with E-state index in [1.165, 1.54) is 0 Å². The molecule has 0 radical (unpaired) electrons. The van der Waals surface area contributed by atoms with Crippen LogP contribution in [-0.4, -0.2) is 60.8 Å². The molecule has 1 amide bonds. The van der Waals surface area contributed by atoms with Gasteiger partial charge in [0.1, 0.15) is 0 Å².